The maximum absolute atomic E-state index is 4.99. The van der Waals surface area contributed by atoms with Gasteiger partial charge in [0.2, 0.25) is 0 Å². The molecule has 0 aliphatic carbocycles. The zero-order chi connectivity index (χ0) is 19.4. The predicted octanol–water partition coefficient (Wildman–Crippen LogP) is 2.23. The quantitative estimate of drug-likeness (QED) is 0.625. The highest BCUT2D eigenvalue weighted by atomic mass is 15.3. The molecule has 1 aliphatic heterocycles. The number of nitrogens with zero attached hydrogens (tertiary/aromatic N) is 6. The fraction of sp³-hybridized carbons (Fsp3) is 0.650. The van der Waals surface area contributed by atoms with E-state index in [1.807, 2.05) is 29.7 Å². The normalized spacial score (nSPS) is 17.7. The van der Waals surface area contributed by atoms with Crippen molar-refractivity contribution >= 4 is 5.96 Å². The van der Waals surface area contributed by atoms with Crippen LogP contribution in [0, 0.1) is 0 Å². The van der Waals surface area contributed by atoms with Gasteiger partial charge in [-0.3, -0.25) is 9.36 Å². The van der Waals surface area contributed by atoms with Gasteiger partial charge in [-0.1, -0.05) is 13.8 Å². The van der Waals surface area contributed by atoms with Crippen LogP contribution < -0.4 is 5.32 Å². The second-order valence-corrected chi connectivity index (χ2v) is 7.25. The van der Waals surface area contributed by atoms with Gasteiger partial charge in [-0.25, -0.2) is 4.99 Å². The molecule has 0 saturated carbocycles. The third-order valence-electron chi connectivity index (χ3n) is 5.43. The topological polar surface area (TPSA) is 63.3 Å². The highest BCUT2D eigenvalue weighted by Gasteiger charge is 2.27. The van der Waals surface area contributed by atoms with Crippen molar-refractivity contribution in [1.29, 1.82) is 0 Å². The summed E-state index contributed by atoms with van der Waals surface area (Å²) in [5.41, 5.74) is 5.08. The van der Waals surface area contributed by atoms with Crippen molar-refractivity contribution in [3.63, 3.8) is 0 Å². The van der Waals surface area contributed by atoms with Gasteiger partial charge in [-0.15, -0.1) is 0 Å². The number of guanidine groups is 1. The molecule has 3 rings (SSSR count). The van der Waals surface area contributed by atoms with Crippen LogP contribution in [0.3, 0.4) is 0 Å². The minimum absolute atomic E-state index is 0.526. The van der Waals surface area contributed by atoms with Crippen molar-refractivity contribution in [1.82, 2.24) is 29.8 Å². The average Bonchev–Trinajstić information content (AvgIpc) is 3.37. The van der Waals surface area contributed by atoms with E-state index in [2.05, 4.69) is 47.4 Å². The number of likely N-dealkylation sites (tertiary alicyclic amines) is 1. The minimum atomic E-state index is 0.526. The summed E-state index contributed by atoms with van der Waals surface area (Å²) in [5.74, 6) is 1.54. The Kier molecular flexibility index (Phi) is 6.19. The van der Waals surface area contributed by atoms with Gasteiger partial charge in [-0.05, 0) is 31.7 Å². The van der Waals surface area contributed by atoms with Gasteiger partial charge >= 0.3 is 0 Å². The summed E-state index contributed by atoms with van der Waals surface area (Å²) < 4.78 is 3.91. The van der Waals surface area contributed by atoms with Crippen molar-refractivity contribution < 1.29 is 0 Å². The fourth-order valence-corrected chi connectivity index (χ4v) is 4.03. The van der Waals surface area contributed by atoms with Crippen LogP contribution in [0.5, 0.6) is 0 Å². The minimum Gasteiger partial charge on any atom is -0.357 e. The number of hydrogen-bond acceptors (Lipinski definition) is 3. The molecule has 1 aliphatic rings. The molecule has 0 amide bonds. The van der Waals surface area contributed by atoms with Gasteiger partial charge in [0.05, 0.1) is 18.4 Å². The first-order valence-corrected chi connectivity index (χ1v) is 10.1. The van der Waals surface area contributed by atoms with Gasteiger partial charge in [0.15, 0.2) is 5.96 Å². The molecule has 1 saturated heterocycles. The second kappa shape index (κ2) is 8.59. The van der Waals surface area contributed by atoms with E-state index in [9.17, 15) is 0 Å². The first-order chi connectivity index (χ1) is 13.1. The smallest absolute Gasteiger partial charge is 0.194 e. The summed E-state index contributed by atoms with van der Waals surface area (Å²) in [4.78, 5) is 7.37. The van der Waals surface area contributed by atoms with E-state index in [0.717, 1.165) is 44.9 Å². The highest BCUT2D eigenvalue weighted by Crippen LogP contribution is 2.27. The summed E-state index contributed by atoms with van der Waals surface area (Å²) in [6, 6.07) is 0. The summed E-state index contributed by atoms with van der Waals surface area (Å²) in [6.07, 6.45) is 7.20. The first kappa shape index (κ1) is 19.5. The van der Waals surface area contributed by atoms with Crippen molar-refractivity contribution in [3.8, 4) is 0 Å². The number of rotatable bonds is 6. The lowest BCUT2D eigenvalue weighted by atomic mass is 10.0. The van der Waals surface area contributed by atoms with Gasteiger partial charge < -0.3 is 10.2 Å². The molecule has 0 aromatic carbocycles. The average molecular weight is 372 g/mol. The van der Waals surface area contributed by atoms with Gasteiger partial charge in [0, 0.05) is 57.1 Å². The van der Waals surface area contributed by atoms with Crippen molar-refractivity contribution in [2.24, 2.45) is 19.1 Å². The first-order valence-electron chi connectivity index (χ1n) is 10.1. The largest absolute Gasteiger partial charge is 0.357 e. The molecule has 27 heavy (non-hydrogen) atoms. The SMILES string of the molecule is CCNC(=NCc1c(CC)nn(C)c1CC)N1CCC(c2cnn(C)c2)C1. The fourth-order valence-electron chi connectivity index (χ4n) is 4.03. The van der Waals surface area contributed by atoms with Crippen molar-refractivity contribution in [3.05, 3.63) is 34.9 Å². The Morgan fingerprint density at radius 1 is 1.26 bits per heavy atom. The molecule has 2 aromatic heterocycles. The summed E-state index contributed by atoms with van der Waals surface area (Å²) >= 11 is 0. The maximum atomic E-state index is 4.99. The number of nitrogens with one attached hydrogen (secondary N) is 1. The molecule has 0 radical (unpaired) electrons. The molecular formula is C20H33N7. The van der Waals surface area contributed by atoms with Crippen LogP contribution >= 0.6 is 0 Å². The number of aromatic nitrogens is 4. The molecule has 2 aromatic rings. The lowest BCUT2D eigenvalue weighted by Gasteiger charge is -2.21. The Bertz CT molecular complexity index is 786. The van der Waals surface area contributed by atoms with Crippen LogP contribution in [0.25, 0.3) is 0 Å². The molecule has 3 heterocycles. The molecule has 1 N–H and O–H groups in total. The Morgan fingerprint density at radius 2 is 2.07 bits per heavy atom. The van der Waals surface area contributed by atoms with E-state index in [1.165, 1.54) is 22.5 Å². The standard InChI is InChI=1S/C20H33N7/c1-6-18-17(19(7-2)26(5)24-18)12-22-20(21-8-3)27-10-9-15(14-27)16-11-23-25(4)13-16/h11,13,15H,6-10,12,14H2,1-5H3,(H,21,22). The van der Waals surface area contributed by atoms with E-state index in [-0.39, 0.29) is 0 Å². The Labute approximate surface area is 162 Å². The maximum Gasteiger partial charge on any atom is 0.194 e. The van der Waals surface area contributed by atoms with E-state index >= 15 is 0 Å². The monoisotopic (exact) mass is 371 g/mol. The Morgan fingerprint density at radius 3 is 2.70 bits per heavy atom. The molecule has 1 atom stereocenters. The third kappa shape index (κ3) is 4.17. The molecule has 148 valence electrons. The van der Waals surface area contributed by atoms with Gasteiger partial charge in [0.1, 0.15) is 0 Å². The number of aliphatic imine (C=N–C) groups is 1. The van der Waals surface area contributed by atoms with Crippen LogP contribution in [0.4, 0.5) is 0 Å². The third-order valence-corrected chi connectivity index (χ3v) is 5.43. The molecule has 1 unspecified atom stereocenters. The second-order valence-electron chi connectivity index (χ2n) is 7.25. The molecule has 0 bridgehead atoms. The highest BCUT2D eigenvalue weighted by molar-refractivity contribution is 5.80. The number of aryl methyl sites for hydroxylation is 3. The van der Waals surface area contributed by atoms with Crippen molar-refractivity contribution in [2.45, 2.75) is 52.5 Å². The van der Waals surface area contributed by atoms with Crippen LogP contribution in [0.2, 0.25) is 0 Å². The van der Waals surface area contributed by atoms with E-state index in [4.69, 9.17) is 4.99 Å². The summed E-state index contributed by atoms with van der Waals surface area (Å²) in [7, 11) is 4.02. The summed E-state index contributed by atoms with van der Waals surface area (Å²) in [5, 5.41) is 12.5. The van der Waals surface area contributed by atoms with Crippen molar-refractivity contribution in [2.75, 3.05) is 19.6 Å². The van der Waals surface area contributed by atoms with E-state index in [1.54, 1.807) is 0 Å². The van der Waals surface area contributed by atoms with Crippen LogP contribution in [-0.2, 0) is 33.5 Å². The molecule has 7 nitrogen and oxygen atoms in total. The van der Waals surface area contributed by atoms with Crippen LogP contribution in [0.15, 0.2) is 17.4 Å². The zero-order valence-corrected chi connectivity index (χ0v) is 17.4. The van der Waals surface area contributed by atoms with Crippen LogP contribution in [0.1, 0.15) is 55.6 Å². The van der Waals surface area contributed by atoms with Gasteiger partial charge in [-0.2, -0.15) is 10.2 Å². The molecule has 7 heteroatoms. The molecular weight excluding hydrogens is 338 g/mol. The number of hydrogen-bond donors (Lipinski definition) is 1. The van der Waals surface area contributed by atoms with E-state index in [0.29, 0.717) is 12.5 Å². The molecule has 1 fully saturated rings. The van der Waals surface area contributed by atoms with Gasteiger partial charge in [0.25, 0.3) is 0 Å². The Hall–Kier alpha value is -2.31. The Balaban J connectivity index is 1.76. The van der Waals surface area contributed by atoms with Crippen LogP contribution in [-0.4, -0.2) is 50.1 Å². The lowest BCUT2D eigenvalue weighted by Crippen LogP contribution is -2.40. The lowest BCUT2D eigenvalue weighted by molar-refractivity contribution is 0.486. The zero-order valence-electron chi connectivity index (χ0n) is 17.4. The molecule has 0 spiro atoms. The van der Waals surface area contributed by atoms with E-state index < -0.39 is 0 Å². The predicted molar refractivity (Wildman–Crippen MR) is 109 cm³/mol. The summed E-state index contributed by atoms with van der Waals surface area (Å²) in [6.45, 7) is 10.1.